The van der Waals surface area contributed by atoms with Gasteiger partial charge in [-0.25, -0.2) is 13.2 Å². The summed E-state index contributed by atoms with van der Waals surface area (Å²) in [4.78, 5) is 11.8. The van der Waals surface area contributed by atoms with E-state index in [1.807, 2.05) is 0 Å². The van der Waals surface area contributed by atoms with E-state index < -0.39 is 23.4 Å². The van der Waals surface area contributed by atoms with Gasteiger partial charge in [0.15, 0.2) is 11.6 Å². The molecule has 0 saturated carbocycles. The second-order valence-corrected chi connectivity index (χ2v) is 4.09. The number of hydrogen-bond acceptors (Lipinski definition) is 1. The Labute approximate surface area is 111 Å². The highest BCUT2D eigenvalue weighted by atomic mass is 35.5. The van der Waals surface area contributed by atoms with Crippen LogP contribution in [-0.4, -0.2) is 5.91 Å². The summed E-state index contributed by atoms with van der Waals surface area (Å²) in [5, 5.41) is 1.97. The van der Waals surface area contributed by atoms with Crippen molar-refractivity contribution in [1.29, 1.82) is 0 Å². The molecule has 2 aromatic carbocycles. The SMILES string of the molecule is O=C(Nc1ccccc1F)c1cc(F)c(F)cc1Cl. The molecule has 0 saturated heterocycles. The highest BCUT2D eigenvalue weighted by Gasteiger charge is 2.16. The summed E-state index contributed by atoms with van der Waals surface area (Å²) in [6, 6.07) is 6.81. The first kappa shape index (κ1) is 13.4. The van der Waals surface area contributed by atoms with Crippen molar-refractivity contribution in [2.75, 3.05) is 5.32 Å². The van der Waals surface area contributed by atoms with Gasteiger partial charge in [0.25, 0.3) is 5.91 Å². The van der Waals surface area contributed by atoms with Gasteiger partial charge >= 0.3 is 0 Å². The number of carbonyl (C=O) groups is 1. The van der Waals surface area contributed by atoms with E-state index in [9.17, 15) is 18.0 Å². The van der Waals surface area contributed by atoms with Crippen LogP contribution in [0.4, 0.5) is 18.9 Å². The smallest absolute Gasteiger partial charge is 0.257 e. The third-order valence-corrected chi connectivity index (χ3v) is 2.69. The van der Waals surface area contributed by atoms with Gasteiger partial charge in [-0.2, -0.15) is 0 Å². The van der Waals surface area contributed by atoms with Crippen LogP contribution in [0, 0.1) is 17.5 Å². The van der Waals surface area contributed by atoms with Crippen LogP contribution in [0.15, 0.2) is 36.4 Å². The number of amides is 1. The van der Waals surface area contributed by atoms with Crippen molar-refractivity contribution < 1.29 is 18.0 Å². The molecule has 19 heavy (non-hydrogen) atoms. The lowest BCUT2D eigenvalue weighted by atomic mass is 10.2. The highest BCUT2D eigenvalue weighted by molar-refractivity contribution is 6.34. The molecule has 6 heteroatoms. The van der Waals surface area contributed by atoms with Crippen molar-refractivity contribution in [3.63, 3.8) is 0 Å². The number of benzene rings is 2. The number of para-hydroxylation sites is 1. The summed E-state index contributed by atoms with van der Waals surface area (Å²) in [7, 11) is 0. The molecule has 0 radical (unpaired) electrons. The van der Waals surface area contributed by atoms with Gasteiger partial charge in [-0.15, -0.1) is 0 Å². The molecule has 0 aliphatic rings. The lowest BCUT2D eigenvalue weighted by molar-refractivity contribution is 0.102. The first-order valence-electron chi connectivity index (χ1n) is 5.19. The summed E-state index contributed by atoms with van der Waals surface area (Å²) < 4.78 is 39.2. The molecule has 98 valence electrons. The van der Waals surface area contributed by atoms with Crippen molar-refractivity contribution in [3.05, 3.63) is 64.4 Å². The van der Waals surface area contributed by atoms with Gasteiger partial charge in [0, 0.05) is 0 Å². The van der Waals surface area contributed by atoms with Crippen LogP contribution in [0.1, 0.15) is 10.4 Å². The maximum Gasteiger partial charge on any atom is 0.257 e. The van der Waals surface area contributed by atoms with Crippen LogP contribution in [-0.2, 0) is 0 Å². The van der Waals surface area contributed by atoms with Gasteiger partial charge in [0.1, 0.15) is 5.82 Å². The maximum atomic E-state index is 13.3. The molecule has 0 aromatic heterocycles. The molecule has 2 rings (SSSR count). The van der Waals surface area contributed by atoms with E-state index in [2.05, 4.69) is 5.32 Å². The number of nitrogens with one attached hydrogen (secondary N) is 1. The monoisotopic (exact) mass is 285 g/mol. The van der Waals surface area contributed by atoms with Gasteiger partial charge in [0.05, 0.1) is 16.3 Å². The predicted molar refractivity (Wildman–Crippen MR) is 65.7 cm³/mol. The van der Waals surface area contributed by atoms with Gasteiger partial charge in [0.2, 0.25) is 0 Å². The largest absolute Gasteiger partial charge is 0.319 e. The van der Waals surface area contributed by atoms with E-state index in [0.717, 1.165) is 6.07 Å². The van der Waals surface area contributed by atoms with Crippen molar-refractivity contribution in [1.82, 2.24) is 0 Å². The second-order valence-electron chi connectivity index (χ2n) is 3.68. The second kappa shape index (κ2) is 5.32. The first-order chi connectivity index (χ1) is 8.99. The van der Waals surface area contributed by atoms with Crippen molar-refractivity contribution in [3.8, 4) is 0 Å². The normalized spacial score (nSPS) is 10.3. The molecule has 0 aliphatic heterocycles. The number of carbonyl (C=O) groups excluding carboxylic acids is 1. The fourth-order valence-electron chi connectivity index (χ4n) is 1.45. The molecule has 0 bridgehead atoms. The lowest BCUT2D eigenvalue weighted by Gasteiger charge is -2.08. The average molecular weight is 286 g/mol. The van der Waals surface area contributed by atoms with E-state index in [1.54, 1.807) is 0 Å². The third kappa shape index (κ3) is 2.88. The molecule has 0 unspecified atom stereocenters. The van der Waals surface area contributed by atoms with E-state index in [0.29, 0.717) is 12.1 Å². The van der Waals surface area contributed by atoms with Crippen LogP contribution in [0.5, 0.6) is 0 Å². The molecule has 0 fully saturated rings. The van der Waals surface area contributed by atoms with Gasteiger partial charge in [-0.3, -0.25) is 4.79 Å². The van der Waals surface area contributed by atoms with Gasteiger partial charge in [-0.05, 0) is 24.3 Å². The predicted octanol–water partition coefficient (Wildman–Crippen LogP) is 4.01. The van der Waals surface area contributed by atoms with Crippen LogP contribution >= 0.6 is 11.6 Å². The fraction of sp³-hybridized carbons (Fsp3) is 0. The molecule has 0 atom stereocenters. The quantitative estimate of drug-likeness (QED) is 0.830. The summed E-state index contributed by atoms with van der Waals surface area (Å²) >= 11 is 5.64. The molecule has 2 aromatic rings. The Balaban J connectivity index is 2.31. The Hall–Kier alpha value is -2.01. The minimum atomic E-state index is -1.21. The third-order valence-electron chi connectivity index (χ3n) is 2.38. The molecule has 0 aliphatic carbocycles. The van der Waals surface area contributed by atoms with Crippen LogP contribution in [0.2, 0.25) is 5.02 Å². The zero-order valence-corrected chi connectivity index (χ0v) is 10.1. The number of rotatable bonds is 2. The zero-order valence-electron chi connectivity index (χ0n) is 9.38. The van der Waals surface area contributed by atoms with E-state index in [4.69, 9.17) is 11.6 Å². The van der Waals surface area contributed by atoms with Gasteiger partial charge < -0.3 is 5.32 Å². The summed E-state index contributed by atoms with van der Waals surface area (Å²) in [5.74, 6) is -3.83. The minimum Gasteiger partial charge on any atom is -0.319 e. The fourth-order valence-corrected chi connectivity index (χ4v) is 1.68. The van der Waals surface area contributed by atoms with Crippen molar-refractivity contribution in [2.45, 2.75) is 0 Å². The average Bonchev–Trinajstić information content (AvgIpc) is 2.36. The van der Waals surface area contributed by atoms with E-state index >= 15 is 0 Å². The standard InChI is InChI=1S/C13H7ClF3NO/c14-8-6-11(17)10(16)5-7(8)13(19)18-12-4-2-1-3-9(12)15/h1-6H,(H,18,19). The number of hydrogen-bond donors (Lipinski definition) is 1. The molecule has 1 amide bonds. The molecule has 1 N–H and O–H groups in total. The number of anilines is 1. The van der Waals surface area contributed by atoms with Crippen LogP contribution < -0.4 is 5.32 Å². The van der Waals surface area contributed by atoms with Gasteiger partial charge in [-0.1, -0.05) is 23.7 Å². The molecular formula is C13H7ClF3NO. The summed E-state index contributed by atoms with van der Waals surface area (Å²) in [5.41, 5.74) is -0.350. The van der Waals surface area contributed by atoms with Crippen molar-refractivity contribution >= 4 is 23.2 Å². The Bertz CT molecular complexity index is 646. The molecular weight excluding hydrogens is 279 g/mol. The minimum absolute atomic E-state index is 0.0756. The molecule has 0 spiro atoms. The Morgan fingerprint density at radius 2 is 1.63 bits per heavy atom. The van der Waals surface area contributed by atoms with Crippen LogP contribution in [0.25, 0.3) is 0 Å². The first-order valence-corrected chi connectivity index (χ1v) is 5.57. The van der Waals surface area contributed by atoms with Crippen LogP contribution in [0.3, 0.4) is 0 Å². The van der Waals surface area contributed by atoms with Crippen molar-refractivity contribution in [2.24, 2.45) is 0 Å². The topological polar surface area (TPSA) is 29.1 Å². The molecule has 2 nitrogen and oxygen atoms in total. The number of halogens is 4. The Morgan fingerprint density at radius 3 is 2.32 bits per heavy atom. The Morgan fingerprint density at radius 1 is 1.00 bits per heavy atom. The summed E-state index contributed by atoms with van der Waals surface area (Å²) in [6.45, 7) is 0. The van der Waals surface area contributed by atoms with E-state index in [-0.39, 0.29) is 16.3 Å². The molecule has 0 heterocycles. The highest BCUT2D eigenvalue weighted by Crippen LogP contribution is 2.22. The Kier molecular flexibility index (Phi) is 3.76. The zero-order chi connectivity index (χ0) is 14.0. The maximum absolute atomic E-state index is 13.3. The lowest BCUT2D eigenvalue weighted by Crippen LogP contribution is -2.14. The summed E-state index contributed by atoms with van der Waals surface area (Å²) in [6.07, 6.45) is 0. The van der Waals surface area contributed by atoms with E-state index in [1.165, 1.54) is 18.2 Å².